The number of nitrogens with one attached hydrogen (secondary N) is 1. The van der Waals surface area contributed by atoms with Crippen molar-refractivity contribution in [2.45, 2.75) is 6.04 Å². The molecule has 1 unspecified atom stereocenters. The van der Waals surface area contributed by atoms with E-state index in [0.29, 0.717) is 13.2 Å². The van der Waals surface area contributed by atoms with E-state index in [1.165, 1.54) is 13.2 Å². The molecule has 1 aromatic carbocycles. The molecule has 92 valence electrons. The average molecular weight is 238 g/mol. The van der Waals surface area contributed by atoms with Crippen molar-refractivity contribution in [2.75, 3.05) is 26.9 Å². The Labute approximate surface area is 98.7 Å². The molecule has 1 aliphatic rings. The van der Waals surface area contributed by atoms with Crippen molar-refractivity contribution in [1.29, 1.82) is 0 Å². The maximum absolute atomic E-state index is 10.8. The van der Waals surface area contributed by atoms with Gasteiger partial charge in [0.1, 0.15) is 0 Å². The summed E-state index contributed by atoms with van der Waals surface area (Å²) < 4.78 is 10.4. The Morgan fingerprint density at radius 1 is 1.59 bits per heavy atom. The van der Waals surface area contributed by atoms with Gasteiger partial charge in [0.05, 0.1) is 31.3 Å². The molecule has 1 heterocycles. The third-order valence-electron chi connectivity index (χ3n) is 2.72. The van der Waals surface area contributed by atoms with E-state index in [1.54, 1.807) is 12.1 Å². The molecule has 1 saturated heterocycles. The minimum absolute atomic E-state index is 0.0204. The number of rotatable bonds is 3. The van der Waals surface area contributed by atoms with Gasteiger partial charge in [0.25, 0.3) is 0 Å². The van der Waals surface area contributed by atoms with Crippen molar-refractivity contribution >= 4 is 5.69 Å². The zero-order valence-corrected chi connectivity index (χ0v) is 9.51. The number of methoxy groups -OCH3 is 1. The van der Waals surface area contributed by atoms with E-state index in [2.05, 4.69) is 5.32 Å². The van der Waals surface area contributed by atoms with Crippen LogP contribution in [0.15, 0.2) is 18.2 Å². The van der Waals surface area contributed by atoms with Gasteiger partial charge in [-0.15, -0.1) is 0 Å². The lowest BCUT2D eigenvalue weighted by molar-refractivity contribution is -0.385. The van der Waals surface area contributed by atoms with Crippen molar-refractivity contribution in [3.63, 3.8) is 0 Å². The Hall–Kier alpha value is -1.66. The average Bonchev–Trinajstić information content (AvgIpc) is 2.39. The quantitative estimate of drug-likeness (QED) is 0.634. The van der Waals surface area contributed by atoms with Crippen molar-refractivity contribution in [2.24, 2.45) is 0 Å². The number of hydrogen-bond donors (Lipinski definition) is 1. The van der Waals surface area contributed by atoms with Gasteiger partial charge in [0, 0.05) is 12.6 Å². The van der Waals surface area contributed by atoms with Crippen LogP contribution in [0, 0.1) is 10.1 Å². The first kappa shape index (κ1) is 11.8. The minimum Gasteiger partial charge on any atom is -0.490 e. The zero-order valence-electron chi connectivity index (χ0n) is 9.51. The summed E-state index contributed by atoms with van der Waals surface area (Å²) in [7, 11) is 1.43. The fourth-order valence-corrected chi connectivity index (χ4v) is 1.84. The molecule has 1 N–H and O–H groups in total. The second-order valence-electron chi connectivity index (χ2n) is 3.77. The summed E-state index contributed by atoms with van der Waals surface area (Å²) in [6.07, 6.45) is 0. The predicted molar refractivity (Wildman–Crippen MR) is 61.2 cm³/mol. The molecule has 0 saturated carbocycles. The Morgan fingerprint density at radius 3 is 3.00 bits per heavy atom. The molecule has 1 aliphatic heterocycles. The predicted octanol–water partition coefficient (Wildman–Crippen LogP) is 1.26. The molecule has 6 nitrogen and oxygen atoms in total. The highest BCUT2D eigenvalue weighted by molar-refractivity contribution is 5.49. The van der Waals surface area contributed by atoms with Gasteiger partial charge in [0.2, 0.25) is 0 Å². The number of nitro benzene ring substituents is 1. The Bertz CT molecular complexity index is 416. The van der Waals surface area contributed by atoms with E-state index in [9.17, 15) is 10.1 Å². The number of ether oxygens (including phenoxy) is 2. The summed E-state index contributed by atoms with van der Waals surface area (Å²) in [5.74, 6) is 0.278. The van der Waals surface area contributed by atoms with Gasteiger partial charge < -0.3 is 14.8 Å². The normalized spacial score (nSPS) is 19.9. The summed E-state index contributed by atoms with van der Waals surface area (Å²) in [4.78, 5) is 10.3. The first-order valence-corrected chi connectivity index (χ1v) is 5.36. The van der Waals surface area contributed by atoms with E-state index >= 15 is 0 Å². The van der Waals surface area contributed by atoms with Crippen LogP contribution in [-0.2, 0) is 4.74 Å². The van der Waals surface area contributed by atoms with Gasteiger partial charge in [0.15, 0.2) is 5.75 Å². The van der Waals surface area contributed by atoms with Crippen LogP contribution >= 0.6 is 0 Å². The lowest BCUT2D eigenvalue weighted by atomic mass is 10.1. The highest BCUT2D eigenvalue weighted by Crippen LogP contribution is 2.30. The number of nitro groups is 1. The van der Waals surface area contributed by atoms with Crippen LogP contribution in [0.1, 0.15) is 11.6 Å². The number of morpholine rings is 1. The van der Waals surface area contributed by atoms with Gasteiger partial charge in [-0.25, -0.2) is 0 Å². The molecular weight excluding hydrogens is 224 g/mol. The fourth-order valence-electron chi connectivity index (χ4n) is 1.84. The van der Waals surface area contributed by atoms with E-state index in [0.717, 1.165) is 12.1 Å². The Kier molecular flexibility index (Phi) is 3.55. The van der Waals surface area contributed by atoms with Crippen LogP contribution in [0.25, 0.3) is 0 Å². The number of nitrogens with zero attached hydrogens (tertiary/aromatic N) is 1. The lowest BCUT2D eigenvalue weighted by Crippen LogP contribution is -2.34. The van der Waals surface area contributed by atoms with Gasteiger partial charge in [-0.3, -0.25) is 10.1 Å². The maximum Gasteiger partial charge on any atom is 0.310 e. The Balaban J connectivity index is 2.27. The van der Waals surface area contributed by atoms with Gasteiger partial charge in [-0.2, -0.15) is 0 Å². The molecule has 0 bridgehead atoms. The molecular formula is C11H14N2O4. The molecule has 17 heavy (non-hydrogen) atoms. The second kappa shape index (κ2) is 5.11. The van der Waals surface area contributed by atoms with Crippen LogP contribution in [0.4, 0.5) is 5.69 Å². The topological polar surface area (TPSA) is 73.6 Å². The molecule has 0 spiro atoms. The summed E-state index contributed by atoms with van der Waals surface area (Å²) in [5, 5.41) is 14.0. The summed E-state index contributed by atoms with van der Waals surface area (Å²) in [6.45, 7) is 2.05. The van der Waals surface area contributed by atoms with E-state index in [1.807, 2.05) is 0 Å². The minimum atomic E-state index is -0.451. The van der Waals surface area contributed by atoms with Gasteiger partial charge >= 0.3 is 5.69 Å². The number of hydrogen-bond acceptors (Lipinski definition) is 5. The lowest BCUT2D eigenvalue weighted by Gasteiger charge is -2.24. The van der Waals surface area contributed by atoms with Crippen LogP contribution in [0.5, 0.6) is 5.75 Å². The van der Waals surface area contributed by atoms with Crippen LogP contribution in [-0.4, -0.2) is 31.8 Å². The zero-order chi connectivity index (χ0) is 12.3. The molecule has 0 aliphatic carbocycles. The van der Waals surface area contributed by atoms with E-state index < -0.39 is 4.92 Å². The maximum atomic E-state index is 10.8. The molecule has 1 aromatic rings. The number of benzene rings is 1. The molecule has 0 radical (unpaired) electrons. The van der Waals surface area contributed by atoms with Crippen molar-refractivity contribution in [3.8, 4) is 5.75 Å². The Morgan fingerprint density at radius 2 is 2.41 bits per heavy atom. The molecule has 0 amide bonds. The highest BCUT2D eigenvalue weighted by atomic mass is 16.6. The third kappa shape index (κ3) is 2.54. The molecule has 1 fully saturated rings. The summed E-state index contributed by atoms with van der Waals surface area (Å²) in [5.41, 5.74) is 0.917. The van der Waals surface area contributed by atoms with E-state index in [-0.39, 0.29) is 17.5 Å². The SMILES string of the molecule is COc1cc(C2COCCN2)ccc1[N+](=O)[O-]. The fraction of sp³-hybridized carbons (Fsp3) is 0.455. The molecule has 2 rings (SSSR count). The third-order valence-corrected chi connectivity index (χ3v) is 2.72. The monoisotopic (exact) mass is 238 g/mol. The smallest absolute Gasteiger partial charge is 0.310 e. The van der Waals surface area contributed by atoms with Crippen molar-refractivity contribution < 1.29 is 14.4 Å². The van der Waals surface area contributed by atoms with Crippen LogP contribution < -0.4 is 10.1 Å². The van der Waals surface area contributed by atoms with Crippen molar-refractivity contribution in [1.82, 2.24) is 5.32 Å². The largest absolute Gasteiger partial charge is 0.490 e. The van der Waals surface area contributed by atoms with Crippen LogP contribution in [0.3, 0.4) is 0 Å². The molecule has 1 atom stereocenters. The standard InChI is InChI=1S/C11H14N2O4/c1-16-11-6-8(2-3-10(11)13(14)15)9-7-17-5-4-12-9/h2-3,6,9,12H,4-5,7H2,1H3. The van der Waals surface area contributed by atoms with Gasteiger partial charge in [-0.05, 0) is 11.6 Å². The van der Waals surface area contributed by atoms with Gasteiger partial charge in [-0.1, -0.05) is 6.07 Å². The second-order valence-corrected chi connectivity index (χ2v) is 3.77. The summed E-state index contributed by atoms with van der Waals surface area (Å²) in [6, 6.07) is 4.94. The van der Waals surface area contributed by atoms with E-state index in [4.69, 9.17) is 9.47 Å². The van der Waals surface area contributed by atoms with Crippen LogP contribution in [0.2, 0.25) is 0 Å². The first-order valence-electron chi connectivity index (χ1n) is 5.36. The summed E-state index contributed by atoms with van der Waals surface area (Å²) >= 11 is 0. The van der Waals surface area contributed by atoms with Crippen molar-refractivity contribution in [3.05, 3.63) is 33.9 Å². The molecule has 6 heteroatoms. The first-order chi connectivity index (χ1) is 8.22. The molecule has 0 aromatic heterocycles. The highest BCUT2D eigenvalue weighted by Gasteiger charge is 2.20.